The van der Waals surface area contributed by atoms with E-state index in [1.165, 1.54) is 0 Å². The normalized spacial score (nSPS) is 11.9. The minimum absolute atomic E-state index is 0.227. The first-order valence-electron chi connectivity index (χ1n) is 6.47. The van der Waals surface area contributed by atoms with E-state index >= 15 is 0 Å². The smallest absolute Gasteiger partial charge is 0.222 e. The van der Waals surface area contributed by atoms with Crippen LogP contribution in [0.25, 0.3) is 0 Å². The van der Waals surface area contributed by atoms with E-state index in [1.807, 2.05) is 25.7 Å². The first kappa shape index (κ1) is 16.4. The lowest BCUT2D eigenvalue weighted by Crippen LogP contribution is -2.37. The van der Waals surface area contributed by atoms with Gasteiger partial charge in [0, 0.05) is 25.0 Å². The molecule has 0 aliphatic carbocycles. The third-order valence-electron chi connectivity index (χ3n) is 2.75. The predicted octanol–water partition coefficient (Wildman–Crippen LogP) is 1.30. The Morgan fingerprint density at radius 3 is 2.24 bits per heavy atom. The molecule has 0 saturated heterocycles. The van der Waals surface area contributed by atoms with Crippen molar-refractivity contribution in [2.75, 3.05) is 33.7 Å². The molecule has 2 N–H and O–H groups in total. The van der Waals surface area contributed by atoms with E-state index in [0.717, 1.165) is 32.5 Å². The average molecular weight is 243 g/mol. The fourth-order valence-corrected chi connectivity index (χ4v) is 1.62. The van der Waals surface area contributed by atoms with E-state index < -0.39 is 0 Å². The summed E-state index contributed by atoms with van der Waals surface area (Å²) in [5.41, 5.74) is 5.64. The van der Waals surface area contributed by atoms with Gasteiger partial charge in [-0.1, -0.05) is 0 Å². The van der Waals surface area contributed by atoms with Crippen LogP contribution in [0.2, 0.25) is 0 Å². The Labute approximate surface area is 106 Å². The van der Waals surface area contributed by atoms with Gasteiger partial charge in [0.1, 0.15) is 0 Å². The molecule has 0 aromatic carbocycles. The number of rotatable bonds is 8. The molecule has 0 aromatic rings. The van der Waals surface area contributed by atoms with Gasteiger partial charge in [-0.15, -0.1) is 0 Å². The van der Waals surface area contributed by atoms with Gasteiger partial charge < -0.3 is 15.5 Å². The van der Waals surface area contributed by atoms with Gasteiger partial charge in [-0.3, -0.25) is 4.79 Å². The molecule has 0 unspecified atom stereocenters. The number of hydrogen-bond acceptors (Lipinski definition) is 3. The molecule has 0 fully saturated rings. The fraction of sp³-hybridized carbons (Fsp3) is 0.923. The highest BCUT2D eigenvalue weighted by Gasteiger charge is 2.16. The monoisotopic (exact) mass is 243 g/mol. The molecule has 1 amide bonds. The van der Waals surface area contributed by atoms with Gasteiger partial charge in [-0.25, -0.2) is 0 Å². The van der Waals surface area contributed by atoms with Gasteiger partial charge in [0.25, 0.3) is 0 Å². The first-order valence-corrected chi connectivity index (χ1v) is 6.47. The van der Waals surface area contributed by atoms with Gasteiger partial charge in [0.15, 0.2) is 0 Å². The highest BCUT2D eigenvalue weighted by Crippen LogP contribution is 2.09. The quantitative estimate of drug-likeness (QED) is 0.699. The highest BCUT2D eigenvalue weighted by atomic mass is 16.2. The van der Waals surface area contributed by atoms with Crippen LogP contribution in [-0.2, 0) is 4.79 Å². The van der Waals surface area contributed by atoms with E-state index in [4.69, 9.17) is 5.73 Å². The van der Waals surface area contributed by atoms with Crippen molar-refractivity contribution in [1.82, 2.24) is 9.80 Å². The number of carbonyl (C=O) groups is 1. The fourth-order valence-electron chi connectivity index (χ4n) is 1.62. The van der Waals surface area contributed by atoms with Crippen molar-refractivity contribution < 1.29 is 4.79 Å². The van der Waals surface area contributed by atoms with E-state index in [2.05, 4.69) is 19.0 Å². The zero-order valence-electron chi connectivity index (χ0n) is 12.1. The molecule has 0 aromatic heterocycles. The Bertz CT molecular complexity index is 221. The van der Waals surface area contributed by atoms with E-state index in [9.17, 15) is 4.79 Å². The summed E-state index contributed by atoms with van der Waals surface area (Å²) in [5.74, 6) is 0.227. The lowest BCUT2D eigenvalue weighted by molar-refractivity contribution is -0.131. The van der Waals surface area contributed by atoms with E-state index in [1.54, 1.807) is 0 Å². The Hall–Kier alpha value is -0.610. The Kier molecular flexibility index (Phi) is 7.39. The summed E-state index contributed by atoms with van der Waals surface area (Å²) >= 11 is 0. The zero-order valence-corrected chi connectivity index (χ0v) is 12.1. The van der Waals surface area contributed by atoms with Crippen LogP contribution in [0.3, 0.4) is 0 Å². The lowest BCUT2D eigenvalue weighted by atomic mass is 10.00. The molecule has 102 valence electrons. The minimum atomic E-state index is -0.251. The number of carbonyl (C=O) groups excluding carboxylic acids is 1. The Morgan fingerprint density at radius 2 is 1.82 bits per heavy atom. The molecular weight excluding hydrogens is 214 g/mol. The van der Waals surface area contributed by atoms with Crippen molar-refractivity contribution in [3.63, 3.8) is 0 Å². The maximum atomic E-state index is 12.0. The Balaban J connectivity index is 3.96. The van der Waals surface area contributed by atoms with E-state index in [0.29, 0.717) is 6.42 Å². The van der Waals surface area contributed by atoms with Gasteiger partial charge in [0.2, 0.25) is 5.91 Å². The third-order valence-corrected chi connectivity index (χ3v) is 2.75. The maximum Gasteiger partial charge on any atom is 0.222 e. The second-order valence-corrected chi connectivity index (χ2v) is 5.62. The SMILES string of the molecule is CCN(CCCN(C)C)C(=O)CCC(C)(C)N. The summed E-state index contributed by atoms with van der Waals surface area (Å²) < 4.78 is 0. The molecular formula is C13H29N3O. The number of amides is 1. The molecule has 0 aliphatic rings. The van der Waals surface area contributed by atoms with Crippen molar-refractivity contribution in [1.29, 1.82) is 0 Å². The second kappa shape index (κ2) is 7.67. The third kappa shape index (κ3) is 9.12. The summed E-state index contributed by atoms with van der Waals surface area (Å²) in [6.07, 6.45) is 2.33. The van der Waals surface area contributed by atoms with Gasteiger partial charge in [-0.05, 0) is 54.3 Å². The van der Waals surface area contributed by atoms with Crippen LogP contribution < -0.4 is 5.73 Å². The largest absolute Gasteiger partial charge is 0.343 e. The molecule has 0 bridgehead atoms. The second-order valence-electron chi connectivity index (χ2n) is 5.62. The molecule has 0 rings (SSSR count). The summed E-state index contributed by atoms with van der Waals surface area (Å²) in [4.78, 5) is 16.0. The number of nitrogens with zero attached hydrogens (tertiary/aromatic N) is 2. The molecule has 0 atom stereocenters. The van der Waals surface area contributed by atoms with Crippen molar-refractivity contribution in [3.05, 3.63) is 0 Å². The molecule has 0 aliphatic heterocycles. The van der Waals surface area contributed by atoms with Crippen LogP contribution in [0, 0.1) is 0 Å². The standard InChI is InChI=1S/C13H29N3O/c1-6-16(11-7-10-15(4)5)12(17)8-9-13(2,3)14/h6-11,14H2,1-5H3. The minimum Gasteiger partial charge on any atom is -0.343 e. The molecule has 17 heavy (non-hydrogen) atoms. The first-order chi connectivity index (χ1) is 7.76. The van der Waals surface area contributed by atoms with Gasteiger partial charge in [-0.2, -0.15) is 0 Å². The molecule has 4 nitrogen and oxygen atoms in total. The van der Waals surface area contributed by atoms with Crippen molar-refractivity contribution in [2.45, 2.75) is 45.6 Å². The summed E-state index contributed by atoms with van der Waals surface area (Å²) in [7, 11) is 4.10. The van der Waals surface area contributed by atoms with Crippen molar-refractivity contribution in [2.24, 2.45) is 5.73 Å². The van der Waals surface area contributed by atoms with Gasteiger partial charge in [0.05, 0.1) is 0 Å². The topological polar surface area (TPSA) is 49.6 Å². The van der Waals surface area contributed by atoms with Crippen LogP contribution in [0.15, 0.2) is 0 Å². The van der Waals surface area contributed by atoms with Crippen molar-refractivity contribution >= 4 is 5.91 Å². The lowest BCUT2D eigenvalue weighted by Gasteiger charge is -2.24. The molecule has 4 heteroatoms. The van der Waals surface area contributed by atoms with Gasteiger partial charge >= 0.3 is 0 Å². The van der Waals surface area contributed by atoms with E-state index in [-0.39, 0.29) is 11.4 Å². The van der Waals surface area contributed by atoms with Crippen LogP contribution in [0.4, 0.5) is 0 Å². The molecule has 0 radical (unpaired) electrons. The average Bonchev–Trinajstić information content (AvgIpc) is 2.19. The van der Waals surface area contributed by atoms with Crippen LogP contribution in [0.1, 0.15) is 40.0 Å². The zero-order chi connectivity index (χ0) is 13.5. The summed E-state index contributed by atoms with van der Waals surface area (Å²) in [6, 6.07) is 0. The molecule has 0 heterocycles. The summed E-state index contributed by atoms with van der Waals surface area (Å²) in [5, 5.41) is 0. The van der Waals surface area contributed by atoms with Crippen LogP contribution in [-0.4, -0.2) is 55.0 Å². The maximum absolute atomic E-state index is 12.0. The molecule has 0 saturated carbocycles. The van der Waals surface area contributed by atoms with Crippen LogP contribution in [0.5, 0.6) is 0 Å². The van der Waals surface area contributed by atoms with Crippen molar-refractivity contribution in [3.8, 4) is 0 Å². The summed E-state index contributed by atoms with van der Waals surface area (Å²) in [6.45, 7) is 8.61. The number of hydrogen-bond donors (Lipinski definition) is 1. The Morgan fingerprint density at radius 1 is 1.24 bits per heavy atom. The highest BCUT2D eigenvalue weighted by molar-refractivity contribution is 5.76. The van der Waals surface area contributed by atoms with Crippen LogP contribution >= 0.6 is 0 Å². The number of nitrogens with two attached hydrogens (primary N) is 1. The molecule has 0 spiro atoms. The predicted molar refractivity (Wildman–Crippen MR) is 72.9 cm³/mol.